The first kappa shape index (κ1) is 25.5. The Labute approximate surface area is 214 Å². The Hall–Kier alpha value is -2.64. The zero-order chi connectivity index (χ0) is 25.3. The van der Waals surface area contributed by atoms with Gasteiger partial charge in [0.1, 0.15) is 21.8 Å². The SMILES string of the molecule is CCOC(=O)C1CCCN(c2c(/C=C3/SC(=S)N(C4CCCC4)C3=O)c(C)c(C#N)c(=O)n2C)C1. The first-order valence-corrected chi connectivity index (χ1v) is 13.3. The van der Waals surface area contributed by atoms with Crippen LogP contribution in [0.4, 0.5) is 5.82 Å². The predicted molar refractivity (Wildman–Crippen MR) is 140 cm³/mol. The third-order valence-corrected chi connectivity index (χ3v) is 8.43. The van der Waals surface area contributed by atoms with Crippen LogP contribution in [-0.4, -0.2) is 51.4 Å². The monoisotopic (exact) mass is 514 g/mol. The van der Waals surface area contributed by atoms with Crippen molar-refractivity contribution in [2.45, 2.75) is 58.4 Å². The van der Waals surface area contributed by atoms with Crippen molar-refractivity contribution in [1.82, 2.24) is 9.47 Å². The number of aromatic nitrogens is 1. The number of nitrogens with zero attached hydrogens (tertiary/aromatic N) is 4. The van der Waals surface area contributed by atoms with E-state index in [2.05, 4.69) is 0 Å². The van der Waals surface area contributed by atoms with E-state index in [0.29, 0.717) is 52.3 Å². The summed E-state index contributed by atoms with van der Waals surface area (Å²) in [5.41, 5.74) is 0.816. The second-order valence-corrected chi connectivity index (χ2v) is 10.9. The molecule has 1 atom stereocenters. The number of thiocarbonyl (C=S) groups is 1. The van der Waals surface area contributed by atoms with Gasteiger partial charge in [-0.05, 0) is 51.2 Å². The third kappa shape index (κ3) is 4.76. The van der Waals surface area contributed by atoms with Crippen molar-refractivity contribution < 1.29 is 14.3 Å². The van der Waals surface area contributed by atoms with E-state index < -0.39 is 5.56 Å². The van der Waals surface area contributed by atoms with Crippen molar-refractivity contribution in [1.29, 1.82) is 5.26 Å². The predicted octanol–water partition coefficient (Wildman–Crippen LogP) is 3.49. The number of pyridine rings is 1. The lowest BCUT2D eigenvalue weighted by Crippen LogP contribution is -2.42. The second-order valence-electron chi connectivity index (χ2n) is 9.24. The molecule has 0 aromatic carbocycles. The lowest BCUT2D eigenvalue weighted by Gasteiger charge is -2.35. The largest absolute Gasteiger partial charge is 0.466 e. The molecule has 8 nitrogen and oxygen atoms in total. The van der Waals surface area contributed by atoms with Gasteiger partial charge in [-0.25, -0.2) is 0 Å². The molecule has 2 saturated heterocycles. The Bertz CT molecular complexity index is 1190. The van der Waals surface area contributed by atoms with Crippen LogP contribution < -0.4 is 10.5 Å². The first-order chi connectivity index (χ1) is 16.8. The maximum absolute atomic E-state index is 13.4. The fourth-order valence-electron chi connectivity index (χ4n) is 5.30. The Morgan fingerprint density at radius 3 is 2.63 bits per heavy atom. The Balaban J connectivity index is 1.78. The number of rotatable bonds is 5. The average molecular weight is 515 g/mol. The van der Waals surface area contributed by atoms with Gasteiger partial charge in [-0.1, -0.05) is 36.8 Å². The molecule has 1 aromatic rings. The van der Waals surface area contributed by atoms with Gasteiger partial charge in [-0.3, -0.25) is 23.9 Å². The van der Waals surface area contributed by atoms with Crippen molar-refractivity contribution in [2.75, 3.05) is 24.6 Å². The van der Waals surface area contributed by atoms with Crippen molar-refractivity contribution in [2.24, 2.45) is 13.0 Å². The van der Waals surface area contributed by atoms with Crippen LogP contribution >= 0.6 is 24.0 Å². The van der Waals surface area contributed by atoms with E-state index in [9.17, 15) is 19.6 Å². The molecular weight excluding hydrogens is 484 g/mol. The van der Waals surface area contributed by atoms with Crippen molar-refractivity contribution in [3.63, 3.8) is 0 Å². The van der Waals surface area contributed by atoms with Crippen LogP contribution in [0.2, 0.25) is 0 Å². The molecule has 186 valence electrons. The minimum Gasteiger partial charge on any atom is -0.466 e. The van der Waals surface area contributed by atoms with Crippen LogP contribution in [-0.2, 0) is 21.4 Å². The summed E-state index contributed by atoms with van der Waals surface area (Å²) in [6.45, 7) is 4.89. The number of ether oxygens (including phenoxy) is 1. The molecule has 0 spiro atoms. The summed E-state index contributed by atoms with van der Waals surface area (Å²) >= 11 is 6.83. The van der Waals surface area contributed by atoms with E-state index in [-0.39, 0.29) is 29.4 Å². The molecule has 0 N–H and O–H groups in total. The van der Waals surface area contributed by atoms with Crippen molar-refractivity contribution in [3.05, 3.63) is 31.9 Å². The summed E-state index contributed by atoms with van der Waals surface area (Å²) in [4.78, 5) is 43.1. The van der Waals surface area contributed by atoms with Crippen LogP contribution in [0.3, 0.4) is 0 Å². The summed E-state index contributed by atoms with van der Waals surface area (Å²) < 4.78 is 7.26. The van der Waals surface area contributed by atoms with Crippen molar-refractivity contribution >= 4 is 52.1 Å². The van der Waals surface area contributed by atoms with Crippen LogP contribution in [0.1, 0.15) is 62.1 Å². The Morgan fingerprint density at radius 1 is 1.26 bits per heavy atom. The minimum atomic E-state index is -0.395. The molecule has 4 rings (SSSR count). The van der Waals surface area contributed by atoms with Crippen molar-refractivity contribution in [3.8, 4) is 6.07 Å². The number of piperidine rings is 1. The lowest BCUT2D eigenvalue weighted by molar-refractivity contribution is -0.148. The molecule has 0 bridgehead atoms. The fraction of sp³-hybridized carbons (Fsp3) is 0.560. The summed E-state index contributed by atoms with van der Waals surface area (Å²) in [5.74, 6) is -0.0611. The minimum absolute atomic E-state index is 0.0488. The molecule has 0 radical (unpaired) electrons. The summed E-state index contributed by atoms with van der Waals surface area (Å²) in [7, 11) is 1.63. The van der Waals surface area contributed by atoms with Gasteiger partial charge < -0.3 is 9.64 Å². The highest BCUT2D eigenvalue weighted by Crippen LogP contribution is 2.39. The highest BCUT2D eigenvalue weighted by molar-refractivity contribution is 8.26. The Kier molecular flexibility index (Phi) is 7.67. The molecule has 1 aromatic heterocycles. The maximum atomic E-state index is 13.4. The van der Waals surface area contributed by atoms with E-state index in [1.54, 1.807) is 31.9 Å². The summed E-state index contributed by atoms with van der Waals surface area (Å²) in [5, 5.41) is 9.70. The molecule has 1 amide bonds. The summed E-state index contributed by atoms with van der Waals surface area (Å²) in [6.07, 6.45) is 7.33. The van der Waals surface area contributed by atoms with Crippen LogP contribution in [0.15, 0.2) is 9.70 Å². The molecule has 3 heterocycles. The highest BCUT2D eigenvalue weighted by atomic mass is 32.2. The molecule has 1 unspecified atom stereocenters. The third-order valence-electron chi connectivity index (χ3n) is 7.10. The van der Waals surface area contributed by atoms with E-state index in [0.717, 1.165) is 32.1 Å². The number of nitriles is 1. The van der Waals surface area contributed by atoms with E-state index in [4.69, 9.17) is 17.0 Å². The molecule has 35 heavy (non-hydrogen) atoms. The number of hydrogen-bond acceptors (Lipinski definition) is 8. The molecule has 1 saturated carbocycles. The molecular formula is C25H30N4O4S2. The number of amides is 1. The molecule has 10 heteroatoms. The average Bonchev–Trinajstić information content (AvgIpc) is 3.46. The number of esters is 1. The van der Waals surface area contributed by atoms with Gasteiger partial charge in [-0.15, -0.1) is 0 Å². The maximum Gasteiger partial charge on any atom is 0.310 e. The van der Waals surface area contributed by atoms with Crippen LogP contribution in [0.25, 0.3) is 6.08 Å². The number of carbonyl (C=O) groups excluding carboxylic acids is 2. The van der Waals surface area contributed by atoms with Gasteiger partial charge in [0, 0.05) is 31.7 Å². The quantitative estimate of drug-likeness (QED) is 0.335. The smallest absolute Gasteiger partial charge is 0.310 e. The molecule has 3 aliphatic rings. The number of anilines is 1. The topological polar surface area (TPSA) is 95.6 Å². The summed E-state index contributed by atoms with van der Waals surface area (Å²) in [6, 6.07) is 2.17. The molecule has 2 aliphatic heterocycles. The highest BCUT2D eigenvalue weighted by Gasteiger charge is 2.39. The van der Waals surface area contributed by atoms with E-state index in [1.807, 2.05) is 11.0 Å². The van der Waals surface area contributed by atoms with Gasteiger partial charge in [0.15, 0.2) is 0 Å². The second kappa shape index (κ2) is 10.5. The van der Waals surface area contributed by atoms with Gasteiger partial charge in [0.25, 0.3) is 11.5 Å². The van der Waals surface area contributed by atoms with E-state index >= 15 is 0 Å². The molecule has 3 fully saturated rings. The first-order valence-electron chi connectivity index (χ1n) is 12.1. The number of carbonyl (C=O) groups is 2. The fourth-order valence-corrected chi connectivity index (χ4v) is 6.69. The zero-order valence-electron chi connectivity index (χ0n) is 20.3. The standard InChI is InChI=1S/C25H30N4O4S2/c1-4-33-24(32)16-8-7-11-28(14-16)21-18(15(2)19(13-26)22(30)27(21)3)12-20-23(31)29(25(34)35-20)17-9-5-6-10-17/h12,16-17H,4-11,14H2,1-3H3/b20-12+. The molecule has 1 aliphatic carbocycles. The van der Waals surface area contributed by atoms with Crippen LogP contribution in [0, 0.1) is 24.2 Å². The number of thioether (sulfide) groups is 1. The van der Waals surface area contributed by atoms with E-state index in [1.165, 1.54) is 16.3 Å². The lowest BCUT2D eigenvalue weighted by atomic mass is 9.96. The van der Waals surface area contributed by atoms with Crippen LogP contribution in [0.5, 0.6) is 0 Å². The van der Waals surface area contributed by atoms with Gasteiger partial charge in [0.2, 0.25) is 0 Å². The zero-order valence-corrected chi connectivity index (χ0v) is 22.0. The van der Waals surface area contributed by atoms with Gasteiger partial charge in [0.05, 0.1) is 17.4 Å². The Morgan fingerprint density at radius 2 is 1.97 bits per heavy atom. The van der Waals surface area contributed by atoms with Gasteiger partial charge >= 0.3 is 5.97 Å². The normalized spacial score (nSPS) is 22.2. The van der Waals surface area contributed by atoms with Gasteiger partial charge in [-0.2, -0.15) is 5.26 Å². The number of hydrogen-bond donors (Lipinski definition) is 0.